The van der Waals surface area contributed by atoms with Gasteiger partial charge in [0.25, 0.3) is 0 Å². The Balaban J connectivity index is 1.80. The molecule has 2 aromatic rings. The minimum absolute atomic E-state index is 0.0677. The topological polar surface area (TPSA) is 127 Å². The number of carbonyl (C=O) groups excluding carboxylic acids is 2. The zero-order valence-electron chi connectivity index (χ0n) is 17.9. The molecule has 1 fully saturated rings. The van der Waals surface area contributed by atoms with Gasteiger partial charge in [-0.1, -0.05) is 12.1 Å². The molecule has 0 radical (unpaired) electrons. The van der Waals surface area contributed by atoms with Crippen LogP contribution in [0.15, 0.2) is 35.6 Å². The number of nitriles is 1. The standard InChI is InChI=1S/C22H22FN5O4/c1-4-31-21(30)18(10-24)27-28-20(29)17-9-22(17,15-6-5-7-16(23)8-15)12-32-19-11-25-14(3)26-13(19)2/h5-8,11,17H,4,9,12H2,1-3H3,(H,28,29)/b27-18-/t17?,22-/m1/s1. The molecule has 0 saturated heterocycles. The molecule has 1 aliphatic rings. The van der Waals surface area contributed by atoms with Crippen molar-refractivity contribution in [1.29, 1.82) is 5.26 Å². The summed E-state index contributed by atoms with van der Waals surface area (Å²) in [4.78, 5) is 32.8. The maximum Gasteiger partial charge on any atom is 0.369 e. The number of nitrogens with one attached hydrogen (secondary N) is 1. The van der Waals surface area contributed by atoms with Crippen LogP contribution < -0.4 is 10.2 Å². The van der Waals surface area contributed by atoms with Crippen LogP contribution in [0.2, 0.25) is 0 Å². The highest BCUT2D eigenvalue weighted by atomic mass is 19.1. The molecule has 0 bridgehead atoms. The van der Waals surface area contributed by atoms with E-state index in [1.807, 2.05) is 0 Å². The summed E-state index contributed by atoms with van der Waals surface area (Å²) in [5.74, 6) is -1.43. The number of rotatable bonds is 8. The number of carbonyl (C=O) groups is 2. The number of hydrazone groups is 1. The van der Waals surface area contributed by atoms with Crippen molar-refractivity contribution >= 4 is 17.6 Å². The largest absolute Gasteiger partial charge is 0.489 e. The SMILES string of the molecule is CCOC(=O)/C(C#N)=N\NC(=O)C1C[C@@]1(COc1cnc(C)nc1C)c1cccc(F)c1. The van der Waals surface area contributed by atoms with Crippen molar-refractivity contribution in [1.82, 2.24) is 15.4 Å². The van der Waals surface area contributed by atoms with E-state index >= 15 is 0 Å². The fourth-order valence-corrected chi connectivity index (χ4v) is 3.43. The van der Waals surface area contributed by atoms with E-state index < -0.39 is 34.7 Å². The Bertz CT molecular complexity index is 1110. The Morgan fingerprint density at radius 3 is 2.84 bits per heavy atom. The van der Waals surface area contributed by atoms with Gasteiger partial charge in [0.05, 0.1) is 31.0 Å². The van der Waals surface area contributed by atoms with Gasteiger partial charge in [-0.2, -0.15) is 10.4 Å². The Labute approximate surface area is 184 Å². The van der Waals surface area contributed by atoms with Crippen LogP contribution >= 0.6 is 0 Å². The summed E-state index contributed by atoms with van der Waals surface area (Å²) < 4.78 is 24.6. The van der Waals surface area contributed by atoms with Crippen LogP contribution in [0.5, 0.6) is 5.75 Å². The molecule has 10 heteroatoms. The van der Waals surface area contributed by atoms with E-state index in [-0.39, 0.29) is 13.2 Å². The average Bonchev–Trinajstić information content (AvgIpc) is 3.50. The number of benzene rings is 1. The number of aryl methyl sites for hydroxylation is 2. The van der Waals surface area contributed by atoms with Gasteiger partial charge in [0, 0.05) is 5.41 Å². The Kier molecular flexibility index (Phi) is 6.78. The van der Waals surface area contributed by atoms with E-state index in [0.29, 0.717) is 29.3 Å². The van der Waals surface area contributed by atoms with Crippen LogP contribution in [0.25, 0.3) is 0 Å². The zero-order valence-corrected chi connectivity index (χ0v) is 17.9. The first-order chi connectivity index (χ1) is 15.3. The summed E-state index contributed by atoms with van der Waals surface area (Å²) in [5.41, 5.74) is 2.10. The van der Waals surface area contributed by atoms with Gasteiger partial charge in [-0.05, 0) is 44.9 Å². The molecule has 1 aromatic carbocycles. The third-order valence-electron chi connectivity index (χ3n) is 5.18. The molecule has 1 saturated carbocycles. The van der Waals surface area contributed by atoms with Gasteiger partial charge in [0.15, 0.2) is 5.75 Å². The van der Waals surface area contributed by atoms with Crippen molar-refractivity contribution in [2.75, 3.05) is 13.2 Å². The molecule has 9 nitrogen and oxygen atoms in total. The number of halogens is 1. The van der Waals surface area contributed by atoms with E-state index in [1.165, 1.54) is 12.1 Å². The summed E-state index contributed by atoms with van der Waals surface area (Å²) in [6.07, 6.45) is 1.92. The summed E-state index contributed by atoms with van der Waals surface area (Å²) in [7, 11) is 0. The predicted octanol–water partition coefficient (Wildman–Crippen LogP) is 2.13. The second kappa shape index (κ2) is 9.51. The maximum atomic E-state index is 13.9. The first-order valence-electron chi connectivity index (χ1n) is 9.94. The molecule has 2 atom stereocenters. The second-order valence-corrected chi connectivity index (χ2v) is 7.35. The summed E-state index contributed by atoms with van der Waals surface area (Å²) >= 11 is 0. The Morgan fingerprint density at radius 2 is 2.19 bits per heavy atom. The molecule has 166 valence electrons. The van der Waals surface area contributed by atoms with E-state index in [1.54, 1.807) is 45.2 Å². The first kappa shape index (κ1) is 22.8. The number of nitrogens with zero attached hydrogens (tertiary/aromatic N) is 4. The summed E-state index contributed by atoms with van der Waals surface area (Å²) in [6.45, 7) is 5.28. The van der Waals surface area contributed by atoms with Crippen molar-refractivity contribution < 1.29 is 23.5 Å². The molecule has 0 spiro atoms. The van der Waals surface area contributed by atoms with Crippen molar-refractivity contribution in [2.45, 2.75) is 32.6 Å². The van der Waals surface area contributed by atoms with Gasteiger partial charge in [-0.15, -0.1) is 0 Å². The van der Waals surface area contributed by atoms with Crippen molar-refractivity contribution in [3.8, 4) is 11.8 Å². The molecule has 1 amide bonds. The van der Waals surface area contributed by atoms with Crippen LogP contribution in [0, 0.1) is 36.9 Å². The third kappa shape index (κ3) is 4.88. The summed E-state index contributed by atoms with van der Waals surface area (Å²) in [5, 5.41) is 12.6. The first-order valence-corrected chi connectivity index (χ1v) is 9.94. The lowest BCUT2D eigenvalue weighted by molar-refractivity contribution is -0.134. The van der Waals surface area contributed by atoms with Gasteiger partial charge in [0.1, 0.15) is 17.7 Å². The van der Waals surface area contributed by atoms with Gasteiger partial charge in [-0.3, -0.25) is 4.79 Å². The fourth-order valence-electron chi connectivity index (χ4n) is 3.43. The molecular weight excluding hydrogens is 417 g/mol. The van der Waals surface area contributed by atoms with Crippen LogP contribution in [-0.4, -0.2) is 40.8 Å². The zero-order chi connectivity index (χ0) is 23.3. The predicted molar refractivity (Wildman–Crippen MR) is 111 cm³/mol. The van der Waals surface area contributed by atoms with Crippen molar-refractivity contribution in [3.63, 3.8) is 0 Å². The molecule has 3 rings (SSSR count). The summed E-state index contributed by atoms with van der Waals surface area (Å²) in [6, 6.07) is 7.55. The quantitative estimate of drug-likeness (QED) is 0.379. The second-order valence-electron chi connectivity index (χ2n) is 7.35. The van der Waals surface area contributed by atoms with Gasteiger partial charge >= 0.3 is 5.97 Å². The van der Waals surface area contributed by atoms with E-state index in [9.17, 15) is 14.0 Å². The number of ether oxygens (including phenoxy) is 2. The molecule has 0 aliphatic heterocycles. The minimum atomic E-state index is -0.930. The molecule has 1 aliphatic carbocycles. The highest BCUT2D eigenvalue weighted by molar-refractivity contribution is 6.43. The highest BCUT2D eigenvalue weighted by Gasteiger charge is 2.60. The van der Waals surface area contributed by atoms with E-state index in [0.717, 1.165) is 0 Å². The van der Waals surface area contributed by atoms with Crippen molar-refractivity contribution in [3.05, 3.63) is 53.4 Å². The van der Waals surface area contributed by atoms with Crippen LogP contribution in [0.3, 0.4) is 0 Å². The number of amides is 1. The highest BCUT2D eigenvalue weighted by Crippen LogP contribution is 2.54. The van der Waals surface area contributed by atoms with E-state index in [2.05, 4.69) is 20.5 Å². The smallest absolute Gasteiger partial charge is 0.369 e. The average molecular weight is 439 g/mol. The van der Waals surface area contributed by atoms with Crippen LogP contribution in [0.1, 0.15) is 30.4 Å². The number of esters is 1. The van der Waals surface area contributed by atoms with Gasteiger partial charge < -0.3 is 9.47 Å². The number of aromatic nitrogens is 2. The van der Waals surface area contributed by atoms with Crippen LogP contribution in [-0.2, 0) is 19.7 Å². The minimum Gasteiger partial charge on any atom is -0.489 e. The Hall–Kier alpha value is -3.87. The molecule has 1 heterocycles. The fraction of sp³-hybridized carbons (Fsp3) is 0.364. The lowest BCUT2D eigenvalue weighted by Gasteiger charge is -2.19. The van der Waals surface area contributed by atoms with Crippen molar-refractivity contribution in [2.24, 2.45) is 11.0 Å². The molecular formula is C22H22FN5O4. The van der Waals surface area contributed by atoms with Gasteiger partial charge in [0.2, 0.25) is 11.6 Å². The lowest BCUT2D eigenvalue weighted by atomic mass is 9.93. The monoisotopic (exact) mass is 439 g/mol. The maximum absolute atomic E-state index is 13.9. The van der Waals surface area contributed by atoms with Gasteiger partial charge in [-0.25, -0.2) is 24.6 Å². The number of hydrogen-bond acceptors (Lipinski definition) is 8. The number of hydrogen-bond donors (Lipinski definition) is 1. The lowest BCUT2D eigenvalue weighted by Crippen LogP contribution is -2.30. The van der Waals surface area contributed by atoms with Crippen LogP contribution in [0.4, 0.5) is 4.39 Å². The van der Waals surface area contributed by atoms with E-state index in [4.69, 9.17) is 14.7 Å². The Morgan fingerprint density at radius 1 is 1.41 bits per heavy atom. The molecule has 1 N–H and O–H groups in total. The molecule has 1 aromatic heterocycles. The molecule has 1 unspecified atom stereocenters. The molecule has 32 heavy (non-hydrogen) atoms. The normalized spacial score (nSPS) is 19.6. The third-order valence-corrected chi connectivity index (χ3v) is 5.18.